The summed E-state index contributed by atoms with van der Waals surface area (Å²) in [5, 5.41) is 0. The number of nitrogens with zero attached hydrogens (tertiary/aromatic N) is 2. The lowest BCUT2D eigenvalue weighted by Gasteiger charge is -2.38. The summed E-state index contributed by atoms with van der Waals surface area (Å²) in [4.78, 5) is 0. The van der Waals surface area contributed by atoms with Crippen LogP contribution in [0.2, 0.25) is 0 Å². The lowest BCUT2D eigenvalue weighted by atomic mass is 10.1. The molecule has 0 heterocycles. The van der Waals surface area contributed by atoms with E-state index in [0.717, 1.165) is 0 Å². The summed E-state index contributed by atoms with van der Waals surface area (Å²) < 4.78 is 2.75. The van der Waals surface area contributed by atoms with Crippen LogP contribution in [0, 0.1) is 0 Å². The maximum Gasteiger partial charge on any atom is 0.0786 e. The van der Waals surface area contributed by atoms with E-state index in [-0.39, 0.29) is 0 Å². The Kier molecular flexibility index (Phi) is 29.0. The Morgan fingerprint density at radius 1 is 0.225 bits per heavy atom. The van der Waals surface area contributed by atoms with Gasteiger partial charge in [0.1, 0.15) is 0 Å². The first kappa shape index (κ1) is 39.9. The van der Waals surface area contributed by atoms with Crippen LogP contribution in [0.1, 0.15) is 196 Å². The van der Waals surface area contributed by atoms with E-state index in [0.29, 0.717) is 0 Å². The van der Waals surface area contributed by atoms with Gasteiger partial charge in [-0.2, -0.15) is 0 Å². The summed E-state index contributed by atoms with van der Waals surface area (Å²) >= 11 is 0. The van der Waals surface area contributed by atoms with Crippen molar-refractivity contribution in [3.05, 3.63) is 0 Å². The molecule has 40 heavy (non-hydrogen) atoms. The molecule has 0 aliphatic carbocycles. The first-order chi connectivity index (χ1) is 19.6. The number of hydrogen-bond donors (Lipinski definition) is 0. The van der Waals surface area contributed by atoms with Gasteiger partial charge in [-0.15, -0.1) is 0 Å². The quantitative estimate of drug-likeness (QED) is 0.0547. The molecule has 0 aromatic carbocycles. The van der Waals surface area contributed by atoms with E-state index in [1.165, 1.54) is 215 Å². The van der Waals surface area contributed by atoms with E-state index >= 15 is 0 Å². The zero-order valence-electron chi connectivity index (χ0n) is 29.5. The van der Waals surface area contributed by atoms with Crippen molar-refractivity contribution in [2.75, 3.05) is 52.4 Å². The SMILES string of the molecule is CCCCCCCCCCCC[N+](CC)(CC)CCCCCC[N+](CC)(CC)CCCCCCCCCCCC. The molecule has 0 fully saturated rings. The van der Waals surface area contributed by atoms with Gasteiger partial charge in [-0.3, -0.25) is 0 Å². The Morgan fingerprint density at radius 2 is 0.400 bits per heavy atom. The Bertz CT molecular complexity index is 436. The summed E-state index contributed by atoms with van der Waals surface area (Å²) in [7, 11) is 0. The molecule has 0 spiro atoms. The van der Waals surface area contributed by atoms with E-state index < -0.39 is 0 Å². The molecule has 0 atom stereocenters. The van der Waals surface area contributed by atoms with Crippen LogP contribution in [0.3, 0.4) is 0 Å². The van der Waals surface area contributed by atoms with Gasteiger partial charge < -0.3 is 8.97 Å². The van der Waals surface area contributed by atoms with Crippen molar-refractivity contribution in [2.24, 2.45) is 0 Å². The third-order valence-electron chi connectivity index (χ3n) is 10.7. The monoisotopic (exact) mass is 567 g/mol. The zero-order chi connectivity index (χ0) is 29.6. The third kappa shape index (κ3) is 21.6. The predicted octanol–water partition coefficient (Wildman–Crippen LogP) is 12.1. The topological polar surface area (TPSA) is 0 Å². The van der Waals surface area contributed by atoms with Crippen LogP contribution in [-0.2, 0) is 0 Å². The number of quaternary nitrogens is 2. The highest BCUT2D eigenvalue weighted by Gasteiger charge is 2.23. The Morgan fingerprint density at radius 3 is 0.575 bits per heavy atom. The molecule has 0 aromatic rings. The minimum Gasteiger partial charge on any atom is -0.324 e. The molecule has 0 aliphatic rings. The van der Waals surface area contributed by atoms with Crippen LogP contribution in [0.15, 0.2) is 0 Å². The molecular formula is C38H82N2+2. The number of hydrogen-bond acceptors (Lipinski definition) is 0. The summed E-state index contributed by atoms with van der Waals surface area (Å²) in [6.07, 6.45) is 34.8. The summed E-state index contributed by atoms with van der Waals surface area (Å²) in [5.74, 6) is 0. The smallest absolute Gasteiger partial charge is 0.0786 e. The van der Waals surface area contributed by atoms with Crippen molar-refractivity contribution in [1.29, 1.82) is 0 Å². The highest BCUT2D eigenvalue weighted by molar-refractivity contribution is 4.53. The van der Waals surface area contributed by atoms with Crippen LogP contribution < -0.4 is 0 Å². The first-order valence-corrected chi connectivity index (χ1v) is 19.3. The van der Waals surface area contributed by atoms with Crippen LogP contribution in [0.25, 0.3) is 0 Å². The van der Waals surface area contributed by atoms with Gasteiger partial charge in [0, 0.05) is 0 Å². The van der Waals surface area contributed by atoms with E-state index in [1.807, 2.05) is 0 Å². The highest BCUT2D eigenvalue weighted by atomic mass is 15.3. The second-order valence-corrected chi connectivity index (χ2v) is 13.6. The molecule has 0 unspecified atom stereocenters. The van der Waals surface area contributed by atoms with Gasteiger partial charge in [0.15, 0.2) is 0 Å². The minimum absolute atomic E-state index is 1.33. The fraction of sp³-hybridized carbons (Fsp3) is 1.00. The van der Waals surface area contributed by atoms with Crippen molar-refractivity contribution in [3.8, 4) is 0 Å². The standard InChI is InChI=1S/C38H82N2/c1-7-13-15-17-19-21-23-25-27-31-35-39(9-3,10-4)37-33-29-30-34-38-40(11-5,12-6)36-32-28-26-24-22-20-18-16-14-8-2/h7-38H2,1-6H3/q+2. The van der Waals surface area contributed by atoms with Crippen LogP contribution >= 0.6 is 0 Å². The molecular weight excluding hydrogens is 484 g/mol. The van der Waals surface area contributed by atoms with Crippen molar-refractivity contribution in [2.45, 2.75) is 196 Å². The van der Waals surface area contributed by atoms with E-state index in [2.05, 4.69) is 41.5 Å². The second kappa shape index (κ2) is 29.0. The largest absolute Gasteiger partial charge is 0.324 e. The molecule has 0 amide bonds. The van der Waals surface area contributed by atoms with Gasteiger partial charge in [0.05, 0.1) is 52.4 Å². The summed E-state index contributed by atoms with van der Waals surface area (Å²) in [6, 6.07) is 0. The second-order valence-electron chi connectivity index (χ2n) is 13.6. The fourth-order valence-electron chi connectivity index (χ4n) is 7.05. The molecule has 0 aromatic heterocycles. The van der Waals surface area contributed by atoms with Crippen LogP contribution in [0.4, 0.5) is 0 Å². The maximum atomic E-state index is 2.45. The predicted molar refractivity (Wildman–Crippen MR) is 184 cm³/mol. The van der Waals surface area contributed by atoms with Gasteiger partial charge in [0.2, 0.25) is 0 Å². The molecule has 0 N–H and O–H groups in total. The van der Waals surface area contributed by atoms with Crippen molar-refractivity contribution in [1.82, 2.24) is 0 Å². The lowest BCUT2D eigenvalue weighted by molar-refractivity contribution is -0.926. The van der Waals surface area contributed by atoms with Crippen LogP contribution in [0.5, 0.6) is 0 Å². The maximum absolute atomic E-state index is 2.45. The van der Waals surface area contributed by atoms with E-state index in [4.69, 9.17) is 0 Å². The minimum atomic E-state index is 1.33. The molecule has 242 valence electrons. The van der Waals surface area contributed by atoms with Crippen molar-refractivity contribution < 1.29 is 8.97 Å². The number of rotatable bonds is 33. The Balaban J connectivity index is 4.01. The molecule has 0 bridgehead atoms. The first-order valence-electron chi connectivity index (χ1n) is 19.3. The molecule has 0 radical (unpaired) electrons. The van der Waals surface area contributed by atoms with Crippen molar-refractivity contribution >= 4 is 0 Å². The van der Waals surface area contributed by atoms with E-state index in [1.54, 1.807) is 0 Å². The van der Waals surface area contributed by atoms with Gasteiger partial charge >= 0.3 is 0 Å². The average molecular weight is 567 g/mol. The van der Waals surface area contributed by atoms with E-state index in [9.17, 15) is 0 Å². The van der Waals surface area contributed by atoms with Gasteiger partial charge in [-0.05, 0) is 79.1 Å². The normalized spacial score (nSPS) is 12.4. The summed E-state index contributed by atoms with van der Waals surface area (Å²) in [6.45, 7) is 25.4. The molecule has 2 nitrogen and oxygen atoms in total. The molecule has 0 saturated heterocycles. The van der Waals surface area contributed by atoms with Gasteiger partial charge in [-0.1, -0.05) is 117 Å². The Hall–Kier alpha value is -0.0800. The number of unbranched alkanes of at least 4 members (excludes halogenated alkanes) is 21. The highest BCUT2D eigenvalue weighted by Crippen LogP contribution is 2.18. The van der Waals surface area contributed by atoms with Crippen molar-refractivity contribution in [3.63, 3.8) is 0 Å². The zero-order valence-corrected chi connectivity index (χ0v) is 29.5. The fourth-order valence-corrected chi connectivity index (χ4v) is 7.05. The third-order valence-corrected chi connectivity index (χ3v) is 10.7. The lowest BCUT2D eigenvalue weighted by Crippen LogP contribution is -2.49. The molecule has 0 rings (SSSR count). The summed E-state index contributed by atoms with van der Waals surface area (Å²) in [5.41, 5.74) is 0. The van der Waals surface area contributed by atoms with Gasteiger partial charge in [0.25, 0.3) is 0 Å². The molecule has 2 heteroatoms. The molecule has 0 aliphatic heterocycles. The Labute approximate surface area is 256 Å². The van der Waals surface area contributed by atoms with Gasteiger partial charge in [-0.25, -0.2) is 0 Å². The molecule has 0 saturated carbocycles. The average Bonchev–Trinajstić information content (AvgIpc) is 2.98. The van der Waals surface area contributed by atoms with Crippen LogP contribution in [-0.4, -0.2) is 61.3 Å².